The van der Waals surface area contributed by atoms with E-state index in [1.807, 2.05) is 6.07 Å². The zero-order valence-corrected chi connectivity index (χ0v) is 23.7. The molecule has 1 saturated carbocycles. The number of ketones is 2. The van der Waals surface area contributed by atoms with Gasteiger partial charge in [0.25, 0.3) is 6.29 Å². The van der Waals surface area contributed by atoms with Crippen LogP contribution in [0.4, 0.5) is 15.0 Å². The van der Waals surface area contributed by atoms with Gasteiger partial charge in [-0.05, 0) is 36.6 Å². The number of aliphatic hydroxyl groups excluding tert-OH is 1. The van der Waals surface area contributed by atoms with Crippen LogP contribution in [0.2, 0.25) is 0 Å². The Bertz CT molecular complexity index is 1380. The molecule has 42 heavy (non-hydrogen) atoms. The van der Waals surface area contributed by atoms with Crippen molar-refractivity contribution < 1.29 is 38.1 Å². The highest BCUT2D eigenvalue weighted by atomic mass is 19.1. The average molecular weight is 584 g/mol. The predicted molar refractivity (Wildman–Crippen MR) is 148 cm³/mol. The van der Waals surface area contributed by atoms with E-state index in [4.69, 9.17) is 20.5 Å². The lowest BCUT2D eigenvalue weighted by atomic mass is 9.99. The monoisotopic (exact) mass is 583 g/mol. The fraction of sp³-hybridized carbons (Fsp3) is 0.448. The molecule has 1 aromatic carbocycles. The number of esters is 1. The minimum atomic E-state index is -2.10. The Labute approximate surface area is 242 Å². The van der Waals surface area contributed by atoms with Gasteiger partial charge in [0.2, 0.25) is 5.78 Å². The molecule has 4 unspecified atom stereocenters. The molecule has 224 valence electrons. The van der Waals surface area contributed by atoms with Gasteiger partial charge in [-0.1, -0.05) is 27.7 Å². The molecule has 5 atom stereocenters. The molecule has 1 aromatic heterocycles. The van der Waals surface area contributed by atoms with Crippen LogP contribution in [0.5, 0.6) is 5.75 Å². The summed E-state index contributed by atoms with van der Waals surface area (Å²) in [6.07, 6.45) is -0.474. The Morgan fingerprint density at radius 1 is 1.21 bits per heavy atom. The van der Waals surface area contributed by atoms with Gasteiger partial charge in [-0.3, -0.25) is 19.7 Å². The van der Waals surface area contributed by atoms with Gasteiger partial charge in [-0.2, -0.15) is 5.26 Å². The lowest BCUT2D eigenvalue weighted by Crippen LogP contribution is -2.39. The maximum absolute atomic E-state index is 15.2. The molecule has 0 radical (unpaired) electrons. The molecule has 1 aliphatic carbocycles. The van der Waals surface area contributed by atoms with Crippen molar-refractivity contribution in [3.05, 3.63) is 53.0 Å². The summed E-state index contributed by atoms with van der Waals surface area (Å²) >= 11 is 0. The second-order valence-electron chi connectivity index (χ2n) is 10.4. The van der Waals surface area contributed by atoms with Gasteiger partial charge in [0.15, 0.2) is 5.78 Å². The number of nitrogens with two attached hydrogens (primary N) is 1. The van der Waals surface area contributed by atoms with E-state index in [2.05, 4.69) is 15.6 Å². The first kappa shape index (κ1) is 32.1. The summed E-state index contributed by atoms with van der Waals surface area (Å²) in [6.45, 7) is 6.12. The van der Waals surface area contributed by atoms with E-state index in [9.17, 15) is 24.3 Å². The van der Waals surface area contributed by atoms with Crippen molar-refractivity contribution in [2.75, 3.05) is 11.9 Å². The lowest BCUT2D eigenvalue weighted by molar-refractivity contribution is -0.153. The minimum absolute atomic E-state index is 0.0281. The van der Waals surface area contributed by atoms with Gasteiger partial charge in [-0.25, -0.2) is 14.2 Å². The molecule has 1 aliphatic rings. The quantitative estimate of drug-likeness (QED) is 0.155. The number of amides is 2. The van der Waals surface area contributed by atoms with Crippen molar-refractivity contribution in [2.24, 2.45) is 17.6 Å². The van der Waals surface area contributed by atoms with Gasteiger partial charge in [0.05, 0.1) is 17.0 Å². The molecule has 2 aromatic rings. The third kappa shape index (κ3) is 7.86. The van der Waals surface area contributed by atoms with E-state index >= 15 is 4.39 Å². The van der Waals surface area contributed by atoms with Crippen LogP contribution in [0.1, 0.15) is 67.9 Å². The number of nitriles is 1. The molecule has 0 spiro atoms. The Morgan fingerprint density at radius 2 is 1.93 bits per heavy atom. The number of rotatable bonds is 13. The maximum Gasteiger partial charge on any atom is 0.323 e. The van der Waals surface area contributed by atoms with Crippen LogP contribution in [0.25, 0.3) is 0 Å². The number of hydrogen-bond acceptors (Lipinski definition) is 10. The fourth-order valence-corrected chi connectivity index (χ4v) is 4.06. The highest BCUT2D eigenvalue weighted by Gasteiger charge is 2.44. The Balaban J connectivity index is 1.74. The number of aromatic nitrogens is 1. The molecule has 3 rings (SSSR count). The summed E-state index contributed by atoms with van der Waals surface area (Å²) in [5, 5.41) is 24.7. The van der Waals surface area contributed by atoms with E-state index in [1.165, 1.54) is 31.3 Å². The molecule has 13 heteroatoms. The number of aliphatic hydroxyl groups is 1. The van der Waals surface area contributed by atoms with Crippen molar-refractivity contribution in [3.8, 4) is 11.8 Å². The highest BCUT2D eigenvalue weighted by molar-refractivity contribution is 5.99. The van der Waals surface area contributed by atoms with Crippen LogP contribution < -0.4 is 21.1 Å². The van der Waals surface area contributed by atoms with Crippen LogP contribution in [-0.2, 0) is 14.3 Å². The summed E-state index contributed by atoms with van der Waals surface area (Å²) in [4.78, 5) is 54.0. The zero-order chi connectivity index (χ0) is 31.1. The lowest BCUT2D eigenvalue weighted by Gasteiger charge is -2.22. The van der Waals surface area contributed by atoms with Crippen molar-refractivity contribution in [1.29, 1.82) is 5.26 Å². The number of Topliss-reactive ketones (excluding diaryl/α,β-unsaturated/α-hetero) is 2. The Hall–Kier alpha value is -4.41. The summed E-state index contributed by atoms with van der Waals surface area (Å²) in [7, 11) is 0. The number of nitrogens with one attached hydrogen (secondary N) is 2. The van der Waals surface area contributed by atoms with E-state index in [0.29, 0.717) is 5.56 Å². The van der Waals surface area contributed by atoms with E-state index in [-0.39, 0.29) is 48.1 Å². The predicted octanol–water partition coefficient (Wildman–Crippen LogP) is 2.79. The van der Waals surface area contributed by atoms with E-state index < -0.39 is 59.6 Å². The van der Waals surface area contributed by atoms with E-state index in [0.717, 1.165) is 6.07 Å². The number of nitrogens with zero attached hydrogens (tertiary/aromatic N) is 2. The molecule has 12 nitrogen and oxygen atoms in total. The van der Waals surface area contributed by atoms with Gasteiger partial charge >= 0.3 is 12.0 Å². The van der Waals surface area contributed by atoms with Gasteiger partial charge in [-0.15, -0.1) is 0 Å². The second-order valence-corrected chi connectivity index (χ2v) is 10.4. The van der Waals surface area contributed by atoms with Crippen molar-refractivity contribution in [2.45, 2.75) is 64.8 Å². The first-order chi connectivity index (χ1) is 19.9. The first-order valence-electron chi connectivity index (χ1n) is 13.5. The third-order valence-corrected chi connectivity index (χ3v) is 6.80. The topological polar surface area (TPSA) is 194 Å². The zero-order valence-electron chi connectivity index (χ0n) is 23.7. The molecule has 5 N–H and O–H groups in total. The smallest absolute Gasteiger partial charge is 0.323 e. The summed E-state index contributed by atoms with van der Waals surface area (Å²) in [5.41, 5.74) is 5.98. The first-order valence-corrected chi connectivity index (χ1v) is 13.5. The number of ether oxygens (including phenoxy) is 2. The van der Waals surface area contributed by atoms with Gasteiger partial charge in [0.1, 0.15) is 36.1 Å². The molecular weight excluding hydrogens is 549 g/mol. The SMILES string of the molecule is CCC(=O)c1ccc(F)c(C2CC2NC(=O)Nc2ccc(C#N)cn2)c1OC(O)C(=O)C(C)COC(=O)[C@@H](N)C(C)C. The maximum atomic E-state index is 15.2. The van der Waals surface area contributed by atoms with E-state index in [1.54, 1.807) is 20.8 Å². The van der Waals surface area contributed by atoms with Crippen molar-refractivity contribution in [1.82, 2.24) is 10.3 Å². The van der Waals surface area contributed by atoms with Crippen molar-refractivity contribution in [3.63, 3.8) is 0 Å². The Kier molecular flexibility index (Phi) is 10.7. The standard InChI is InChI=1S/C29H34FN5O7/c1-5-21(36)17-7-8-19(30)23(18-10-20(18)34-29(40)35-22-9-6-16(11-31)12-33-22)26(17)42-28(39)25(37)15(4)13-41-27(38)24(32)14(2)3/h6-9,12,14-15,18,20,24,28,39H,5,10,13,32H2,1-4H3,(H2,33,34,35,40)/t15?,18?,20?,24-,28?/m0/s1. The largest absolute Gasteiger partial charge is 0.464 e. The Morgan fingerprint density at radius 3 is 2.52 bits per heavy atom. The molecule has 0 saturated heterocycles. The van der Waals surface area contributed by atoms with Crippen LogP contribution in [0.3, 0.4) is 0 Å². The molecule has 2 amide bonds. The number of carbonyl (C=O) groups excluding carboxylic acids is 4. The number of carbonyl (C=O) groups is 4. The second kappa shape index (κ2) is 14.0. The molecule has 0 bridgehead atoms. The molecular formula is C29H34FN5O7. The third-order valence-electron chi connectivity index (χ3n) is 6.80. The van der Waals surface area contributed by atoms with Crippen LogP contribution in [0, 0.1) is 29.0 Å². The van der Waals surface area contributed by atoms with Crippen LogP contribution in [-0.4, -0.2) is 58.6 Å². The molecule has 1 heterocycles. The van der Waals surface area contributed by atoms with Crippen LogP contribution in [0.15, 0.2) is 30.5 Å². The van der Waals surface area contributed by atoms with Gasteiger partial charge in [0, 0.05) is 30.1 Å². The summed E-state index contributed by atoms with van der Waals surface area (Å²) < 4.78 is 25.8. The van der Waals surface area contributed by atoms with Crippen molar-refractivity contribution >= 4 is 29.4 Å². The molecule has 0 aliphatic heterocycles. The minimum Gasteiger partial charge on any atom is -0.464 e. The number of hydrogen-bond donors (Lipinski definition) is 4. The number of benzene rings is 1. The highest BCUT2D eigenvalue weighted by Crippen LogP contribution is 2.47. The van der Waals surface area contributed by atoms with Crippen LogP contribution >= 0.6 is 0 Å². The normalized spacial score (nSPS) is 17.8. The number of anilines is 1. The number of halogens is 1. The average Bonchev–Trinajstić information content (AvgIpc) is 3.72. The number of pyridine rings is 1. The summed E-state index contributed by atoms with van der Waals surface area (Å²) in [5.74, 6) is -4.61. The fourth-order valence-electron chi connectivity index (χ4n) is 4.06. The molecule has 1 fully saturated rings. The number of urea groups is 1. The van der Waals surface area contributed by atoms with Gasteiger partial charge < -0.3 is 25.6 Å². The summed E-state index contributed by atoms with van der Waals surface area (Å²) in [6, 6.07) is 5.10.